The number of urea groups is 1. The first-order valence-corrected chi connectivity index (χ1v) is 11.0. The minimum Gasteiger partial charge on any atom is -0.326 e. The van der Waals surface area contributed by atoms with Crippen molar-refractivity contribution < 1.29 is 22.2 Å². The second kappa shape index (κ2) is 8.02. The molecule has 0 fully saturated rings. The molecule has 0 bridgehead atoms. The van der Waals surface area contributed by atoms with E-state index in [1.807, 2.05) is 12.1 Å². The molecule has 7 nitrogen and oxygen atoms in total. The summed E-state index contributed by atoms with van der Waals surface area (Å²) in [5, 5.41) is 21.5. The molecule has 0 saturated carbocycles. The molecule has 164 valence electrons. The smallest absolute Gasteiger partial charge is 0.326 e. The lowest BCUT2D eigenvalue weighted by Gasteiger charge is -2.34. The zero-order valence-corrected chi connectivity index (χ0v) is 17.6. The normalized spacial score (nSPS) is 18.4. The van der Waals surface area contributed by atoms with Gasteiger partial charge in [-0.05, 0) is 42.8 Å². The van der Waals surface area contributed by atoms with Crippen LogP contribution >= 0.6 is 0 Å². The second-order valence-electron chi connectivity index (χ2n) is 7.08. The Labute approximate surface area is 182 Å². The number of amides is 2. The predicted molar refractivity (Wildman–Crippen MR) is 110 cm³/mol. The highest BCUT2D eigenvalue weighted by Gasteiger charge is 2.36. The first-order valence-electron chi connectivity index (χ1n) is 9.05. The quantitative estimate of drug-likeness (QED) is 0.692. The highest BCUT2D eigenvalue weighted by Crippen LogP contribution is 2.37. The van der Waals surface area contributed by atoms with Crippen LogP contribution in [0.4, 0.5) is 23.7 Å². The van der Waals surface area contributed by atoms with Crippen LogP contribution in [0.3, 0.4) is 0 Å². The number of rotatable bonds is 3. The fourth-order valence-corrected chi connectivity index (χ4v) is 4.42. The van der Waals surface area contributed by atoms with Crippen LogP contribution in [-0.4, -0.2) is 16.5 Å². The third kappa shape index (κ3) is 4.15. The Morgan fingerprint density at radius 2 is 1.84 bits per heavy atom. The van der Waals surface area contributed by atoms with Crippen molar-refractivity contribution in [3.05, 3.63) is 70.4 Å². The minimum absolute atomic E-state index is 0.00313. The zero-order valence-electron chi connectivity index (χ0n) is 16.8. The number of nitriles is 2. The molecule has 32 heavy (non-hydrogen) atoms. The summed E-state index contributed by atoms with van der Waals surface area (Å²) in [6.07, 6.45) is -3.47. The van der Waals surface area contributed by atoms with Crippen LogP contribution in [0, 0.1) is 27.4 Å². The highest BCUT2D eigenvalue weighted by molar-refractivity contribution is 7.91. The summed E-state index contributed by atoms with van der Waals surface area (Å²) >= 11 is 0. The number of hydrogen-bond acceptors (Lipinski definition) is 5. The molecule has 3 rings (SSSR count). The van der Waals surface area contributed by atoms with Gasteiger partial charge in [0.2, 0.25) is 0 Å². The molecule has 2 aromatic carbocycles. The predicted octanol–water partition coefficient (Wildman–Crippen LogP) is 4.68. The van der Waals surface area contributed by atoms with Gasteiger partial charge in [-0.1, -0.05) is 12.1 Å². The van der Waals surface area contributed by atoms with Crippen molar-refractivity contribution in [2.24, 2.45) is 0 Å². The molecule has 0 aliphatic carbocycles. The summed E-state index contributed by atoms with van der Waals surface area (Å²) in [5.41, 5.74) is -0.608. The average molecular weight is 459 g/mol. The topological polar surface area (TPSA) is 121 Å². The van der Waals surface area contributed by atoms with Crippen LogP contribution in [-0.2, 0) is 15.9 Å². The Kier molecular flexibility index (Phi) is 5.73. The monoisotopic (exact) mass is 459 g/mol. The minimum atomic E-state index is -4.62. The van der Waals surface area contributed by atoms with E-state index in [9.17, 15) is 27.4 Å². The molecule has 1 aliphatic rings. The number of allylic oxidation sites excluding steroid dienone is 1. The van der Waals surface area contributed by atoms with E-state index in [2.05, 4.69) is 5.32 Å². The summed E-state index contributed by atoms with van der Waals surface area (Å²) < 4.78 is 59.9. The number of benzene rings is 2. The Morgan fingerprint density at radius 3 is 2.41 bits per heavy atom. The maximum absolute atomic E-state index is 13.1. The van der Waals surface area contributed by atoms with Crippen molar-refractivity contribution in [2.75, 3.05) is 11.2 Å². The molecule has 2 amide bonds. The summed E-state index contributed by atoms with van der Waals surface area (Å²) in [4.78, 5) is 13.9. The molecule has 2 N–H and O–H groups in total. The first kappa shape index (κ1) is 22.8. The standard InChI is InChI=1S/C21H16F3N5O2S/c1-12-17(11-26)19(16-7-6-13(10-25)8-18(16)32(2,27)31)28-20(30)29(12)15-5-3-4-14(9-15)21(22,23)24/h3-9,19,27H,1-2H3,(H,28,30)/t19-,32+/m1/s1. The summed E-state index contributed by atoms with van der Waals surface area (Å²) in [6, 6.07) is 10.2. The van der Waals surface area contributed by atoms with E-state index < -0.39 is 33.5 Å². The molecule has 0 spiro atoms. The maximum Gasteiger partial charge on any atom is 0.416 e. The van der Waals surface area contributed by atoms with E-state index in [0.29, 0.717) is 0 Å². The molecule has 1 aliphatic heterocycles. The van der Waals surface area contributed by atoms with Crippen LogP contribution in [0.15, 0.2) is 58.6 Å². The average Bonchev–Trinajstić information content (AvgIpc) is 2.72. The van der Waals surface area contributed by atoms with Crippen LogP contribution in [0.1, 0.15) is 29.7 Å². The number of carbonyl (C=O) groups excluding carboxylic acids is 1. The number of alkyl halides is 3. The summed E-state index contributed by atoms with van der Waals surface area (Å²) in [5.74, 6) is 0. The first-order chi connectivity index (χ1) is 14.9. The van der Waals surface area contributed by atoms with Crippen LogP contribution < -0.4 is 10.2 Å². The molecule has 2 aromatic rings. The van der Waals surface area contributed by atoms with E-state index >= 15 is 0 Å². The SMILES string of the molecule is CC1=C(C#N)[C@@H](c2ccc(C#N)cc2[S@@](C)(=N)=O)NC(=O)N1c1cccc(C(F)(F)F)c1. The molecule has 0 saturated heterocycles. The molecule has 0 aromatic heterocycles. The molecule has 0 radical (unpaired) electrons. The Morgan fingerprint density at radius 1 is 1.16 bits per heavy atom. The Bertz CT molecular complexity index is 1330. The van der Waals surface area contributed by atoms with Crippen molar-refractivity contribution in [3.63, 3.8) is 0 Å². The van der Waals surface area contributed by atoms with Gasteiger partial charge in [-0.25, -0.2) is 13.8 Å². The number of nitrogens with zero attached hydrogens (tertiary/aromatic N) is 3. The van der Waals surface area contributed by atoms with E-state index in [1.54, 1.807) is 0 Å². The Hall–Kier alpha value is -3.83. The van der Waals surface area contributed by atoms with Gasteiger partial charge in [-0.15, -0.1) is 0 Å². The highest BCUT2D eigenvalue weighted by atomic mass is 32.2. The molecule has 2 atom stereocenters. The van der Waals surface area contributed by atoms with Gasteiger partial charge in [0.05, 0.1) is 55.2 Å². The third-order valence-electron chi connectivity index (χ3n) is 4.91. The lowest BCUT2D eigenvalue weighted by Crippen LogP contribution is -2.46. The number of nitrogens with one attached hydrogen (secondary N) is 2. The van der Waals surface area contributed by atoms with Gasteiger partial charge in [-0.2, -0.15) is 23.7 Å². The molecule has 1 heterocycles. The maximum atomic E-state index is 13.1. The molecule has 11 heteroatoms. The van der Waals surface area contributed by atoms with Gasteiger partial charge in [-0.3, -0.25) is 4.90 Å². The second-order valence-corrected chi connectivity index (χ2v) is 9.21. The fraction of sp³-hybridized carbons (Fsp3) is 0.190. The molecular weight excluding hydrogens is 443 g/mol. The van der Waals surface area contributed by atoms with E-state index in [1.165, 1.54) is 31.2 Å². The third-order valence-corrected chi connectivity index (χ3v) is 6.10. The molecule has 0 unspecified atom stereocenters. The number of anilines is 1. The number of carbonyl (C=O) groups is 1. The van der Waals surface area contributed by atoms with Gasteiger partial charge < -0.3 is 5.32 Å². The van der Waals surface area contributed by atoms with Crippen LogP contribution in [0.5, 0.6) is 0 Å². The van der Waals surface area contributed by atoms with Crippen molar-refractivity contribution in [2.45, 2.75) is 24.0 Å². The van der Waals surface area contributed by atoms with Crippen molar-refractivity contribution in [1.29, 1.82) is 15.3 Å². The summed E-state index contributed by atoms with van der Waals surface area (Å²) in [7, 11) is -3.34. The number of halogens is 3. The van der Waals surface area contributed by atoms with E-state index in [0.717, 1.165) is 29.4 Å². The van der Waals surface area contributed by atoms with Crippen molar-refractivity contribution in [3.8, 4) is 12.1 Å². The Balaban J connectivity index is 2.19. The number of hydrogen-bond donors (Lipinski definition) is 2. The van der Waals surface area contributed by atoms with Crippen LogP contribution in [0.2, 0.25) is 0 Å². The molecular formula is C21H16F3N5O2S. The largest absolute Gasteiger partial charge is 0.416 e. The van der Waals surface area contributed by atoms with Gasteiger partial charge >= 0.3 is 12.2 Å². The van der Waals surface area contributed by atoms with Gasteiger partial charge in [0.25, 0.3) is 0 Å². The lowest BCUT2D eigenvalue weighted by molar-refractivity contribution is -0.137. The lowest BCUT2D eigenvalue weighted by atomic mass is 9.94. The van der Waals surface area contributed by atoms with Crippen molar-refractivity contribution in [1.82, 2.24) is 5.32 Å². The summed E-state index contributed by atoms with van der Waals surface area (Å²) in [6.45, 7) is 1.41. The van der Waals surface area contributed by atoms with Crippen LogP contribution in [0.25, 0.3) is 0 Å². The van der Waals surface area contributed by atoms with E-state index in [-0.39, 0.29) is 33.0 Å². The fourth-order valence-electron chi connectivity index (χ4n) is 3.43. The van der Waals surface area contributed by atoms with E-state index in [4.69, 9.17) is 10.0 Å². The van der Waals surface area contributed by atoms with Gasteiger partial charge in [0, 0.05) is 12.0 Å². The zero-order chi connectivity index (χ0) is 23.8. The van der Waals surface area contributed by atoms with Gasteiger partial charge in [0.1, 0.15) is 0 Å². The van der Waals surface area contributed by atoms with Crippen molar-refractivity contribution >= 4 is 21.4 Å². The van der Waals surface area contributed by atoms with Gasteiger partial charge in [0.15, 0.2) is 0 Å².